The number of hydrogen-bond donors (Lipinski definition) is 1. The fourth-order valence-electron chi connectivity index (χ4n) is 2.14. The Balaban J connectivity index is 0.000000241. The van der Waals surface area contributed by atoms with E-state index in [1.165, 1.54) is 21.9 Å². The van der Waals surface area contributed by atoms with Crippen molar-refractivity contribution in [3.63, 3.8) is 0 Å². The first-order chi connectivity index (χ1) is 11.2. The van der Waals surface area contributed by atoms with Crippen LogP contribution in [0.25, 0.3) is 10.8 Å². The molecular formula is C19H27NO3. The average molecular weight is 317 g/mol. The highest BCUT2D eigenvalue weighted by Gasteiger charge is 1.94. The quantitative estimate of drug-likeness (QED) is 0.457. The Morgan fingerprint density at radius 1 is 1.04 bits per heavy atom. The molecule has 4 nitrogen and oxygen atoms in total. The van der Waals surface area contributed by atoms with E-state index in [0.717, 1.165) is 19.3 Å². The Hall–Kier alpha value is -1.91. The second-order valence-corrected chi connectivity index (χ2v) is 5.27. The molecule has 0 unspecified atom stereocenters. The number of carbonyl (C=O) groups is 1. The van der Waals surface area contributed by atoms with Crippen molar-refractivity contribution < 1.29 is 14.4 Å². The van der Waals surface area contributed by atoms with E-state index < -0.39 is 0 Å². The summed E-state index contributed by atoms with van der Waals surface area (Å²) in [6, 6.07) is 13.3. The van der Waals surface area contributed by atoms with Gasteiger partial charge in [0.15, 0.2) is 0 Å². The van der Waals surface area contributed by atoms with Crippen LogP contribution in [0.2, 0.25) is 0 Å². The average Bonchev–Trinajstić information content (AvgIpc) is 2.58. The third kappa shape index (κ3) is 7.77. The number of nitrogens with one attached hydrogen (secondary N) is 1. The summed E-state index contributed by atoms with van der Waals surface area (Å²) in [5.74, 6) is 0. The molecule has 2 rings (SSSR count). The number of carbonyl (C=O) groups excluding carboxylic acids is 1. The van der Waals surface area contributed by atoms with Gasteiger partial charge in [-0.05, 0) is 42.5 Å². The first-order valence-corrected chi connectivity index (χ1v) is 8.04. The highest BCUT2D eigenvalue weighted by molar-refractivity contribution is 5.83. The summed E-state index contributed by atoms with van der Waals surface area (Å²) in [6.07, 6.45) is 2.86. The number of benzene rings is 2. The first-order valence-electron chi connectivity index (χ1n) is 8.04. The van der Waals surface area contributed by atoms with Crippen LogP contribution in [0.3, 0.4) is 0 Å². The van der Waals surface area contributed by atoms with Gasteiger partial charge < -0.3 is 9.57 Å². The Labute approximate surface area is 138 Å². The monoisotopic (exact) mass is 317 g/mol. The molecule has 0 atom stereocenters. The smallest absolute Gasteiger partial charge is 0.293 e. The van der Waals surface area contributed by atoms with Crippen molar-refractivity contribution in [1.82, 2.24) is 5.48 Å². The molecule has 0 heterocycles. The summed E-state index contributed by atoms with van der Waals surface area (Å²) >= 11 is 0. The number of aryl methyl sites for hydroxylation is 2. The zero-order valence-electron chi connectivity index (χ0n) is 14.3. The molecule has 0 saturated carbocycles. The predicted molar refractivity (Wildman–Crippen MR) is 94.3 cm³/mol. The number of rotatable bonds is 8. The lowest BCUT2D eigenvalue weighted by Crippen LogP contribution is -2.08. The highest BCUT2D eigenvalue weighted by atomic mass is 16.6. The van der Waals surface area contributed by atoms with E-state index in [2.05, 4.69) is 60.5 Å². The minimum absolute atomic E-state index is 0.457. The maximum absolute atomic E-state index is 9.63. The summed E-state index contributed by atoms with van der Waals surface area (Å²) < 4.78 is 4.46. The van der Waals surface area contributed by atoms with Gasteiger partial charge in [-0.25, -0.2) is 5.48 Å². The molecule has 0 aliphatic rings. The van der Waals surface area contributed by atoms with E-state index in [4.69, 9.17) is 4.84 Å². The molecule has 0 spiro atoms. The van der Waals surface area contributed by atoms with Gasteiger partial charge in [-0.15, -0.1) is 0 Å². The predicted octanol–water partition coefficient (Wildman–Crippen LogP) is 3.80. The van der Waals surface area contributed by atoms with Gasteiger partial charge in [0.05, 0.1) is 13.2 Å². The highest BCUT2D eigenvalue weighted by Crippen LogP contribution is 2.17. The van der Waals surface area contributed by atoms with Gasteiger partial charge in [0, 0.05) is 7.05 Å². The normalized spacial score (nSPS) is 10.0. The van der Waals surface area contributed by atoms with Crippen LogP contribution < -0.4 is 5.48 Å². The largest absolute Gasteiger partial charge is 0.468 e. The first kappa shape index (κ1) is 19.1. The Morgan fingerprint density at radius 2 is 1.74 bits per heavy atom. The zero-order valence-corrected chi connectivity index (χ0v) is 14.3. The number of ether oxygens (including phenoxy) is 1. The maximum Gasteiger partial charge on any atom is 0.293 e. The van der Waals surface area contributed by atoms with E-state index in [1.807, 2.05) is 0 Å². The minimum Gasteiger partial charge on any atom is -0.468 e. The summed E-state index contributed by atoms with van der Waals surface area (Å²) in [4.78, 5) is 14.4. The fourth-order valence-corrected chi connectivity index (χ4v) is 2.14. The van der Waals surface area contributed by atoms with Crippen LogP contribution >= 0.6 is 0 Å². The van der Waals surface area contributed by atoms with Gasteiger partial charge in [0.1, 0.15) is 0 Å². The lowest BCUT2D eigenvalue weighted by molar-refractivity contribution is -0.128. The van der Waals surface area contributed by atoms with Crippen molar-refractivity contribution in [2.45, 2.75) is 33.1 Å². The van der Waals surface area contributed by atoms with Crippen molar-refractivity contribution in [3.8, 4) is 0 Å². The molecule has 4 heteroatoms. The van der Waals surface area contributed by atoms with Gasteiger partial charge in [-0.3, -0.25) is 4.79 Å². The van der Waals surface area contributed by atoms with Gasteiger partial charge in [-0.1, -0.05) is 48.9 Å². The minimum atomic E-state index is 0.457. The molecule has 0 aliphatic carbocycles. The SMILES string of the molecule is CCc1ccc2cc(C)ccc2c1.CNOCCCCOC=O. The molecular weight excluding hydrogens is 290 g/mol. The molecule has 2 aromatic rings. The number of unbranched alkanes of at least 4 members (excludes halogenated alkanes) is 1. The topological polar surface area (TPSA) is 47.6 Å². The van der Waals surface area contributed by atoms with Crippen LogP contribution in [0.5, 0.6) is 0 Å². The lowest BCUT2D eigenvalue weighted by Gasteiger charge is -2.01. The van der Waals surface area contributed by atoms with E-state index in [9.17, 15) is 4.79 Å². The summed E-state index contributed by atoms with van der Waals surface area (Å²) in [7, 11) is 1.71. The zero-order chi connectivity index (χ0) is 16.9. The number of hydroxylamine groups is 1. The van der Waals surface area contributed by atoms with E-state index in [-0.39, 0.29) is 0 Å². The van der Waals surface area contributed by atoms with Crippen molar-refractivity contribution in [2.75, 3.05) is 20.3 Å². The van der Waals surface area contributed by atoms with Crippen LogP contribution in [-0.2, 0) is 20.8 Å². The van der Waals surface area contributed by atoms with Crippen molar-refractivity contribution in [1.29, 1.82) is 0 Å². The molecule has 1 N–H and O–H groups in total. The van der Waals surface area contributed by atoms with Crippen LogP contribution in [0, 0.1) is 6.92 Å². The number of fused-ring (bicyclic) bond motifs is 1. The van der Waals surface area contributed by atoms with Crippen molar-refractivity contribution >= 4 is 17.2 Å². The second kappa shape index (κ2) is 11.6. The third-order valence-corrected chi connectivity index (χ3v) is 3.44. The van der Waals surface area contributed by atoms with Gasteiger partial charge in [-0.2, -0.15) is 0 Å². The Morgan fingerprint density at radius 3 is 2.43 bits per heavy atom. The van der Waals surface area contributed by atoms with E-state index >= 15 is 0 Å². The third-order valence-electron chi connectivity index (χ3n) is 3.44. The molecule has 0 amide bonds. The summed E-state index contributed by atoms with van der Waals surface area (Å²) in [5, 5.41) is 2.70. The number of hydrogen-bond acceptors (Lipinski definition) is 4. The molecule has 23 heavy (non-hydrogen) atoms. The standard InChI is InChI=1S/C13H14.C6H13NO3/c1-3-11-5-7-12-8-10(2)4-6-13(12)9-11;1-7-10-5-3-2-4-9-6-8/h4-9H,3H2,1-2H3;6-7H,2-5H2,1H3. The molecule has 0 radical (unpaired) electrons. The molecule has 126 valence electrons. The van der Waals surface area contributed by atoms with E-state index in [1.54, 1.807) is 7.05 Å². The van der Waals surface area contributed by atoms with Crippen LogP contribution in [0.15, 0.2) is 36.4 Å². The van der Waals surface area contributed by atoms with E-state index in [0.29, 0.717) is 19.7 Å². The van der Waals surface area contributed by atoms with Gasteiger partial charge in [0.2, 0.25) is 0 Å². The summed E-state index contributed by atoms with van der Waals surface area (Å²) in [6.45, 7) is 5.91. The molecule has 0 bridgehead atoms. The maximum atomic E-state index is 9.63. The molecule has 0 aromatic heterocycles. The Kier molecular flexibility index (Phi) is 9.68. The van der Waals surface area contributed by atoms with Gasteiger partial charge in [0.25, 0.3) is 6.47 Å². The molecule has 0 fully saturated rings. The molecule has 0 saturated heterocycles. The Bertz CT molecular complexity index is 584. The molecule has 2 aromatic carbocycles. The van der Waals surface area contributed by atoms with Crippen molar-refractivity contribution in [2.24, 2.45) is 0 Å². The second-order valence-electron chi connectivity index (χ2n) is 5.27. The van der Waals surface area contributed by atoms with Crippen LogP contribution in [0.1, 0.15) is 30.9 Å². The van der Waals surface area contributed by atoms with Crippen LogP contribution in [0.4, 0.5) is 0 Å². The fraction of sp³-hybridized carbons (Fsp3) is 0.421. The summed E-state index contributed by atoms with van der Waals surface area (Å²) in [5.41, 5.74) is 5.29. The van der Waals surface area contributed by atoms with Crippen LogP contribution in [-0.4, -0.2) is 26.7 Å². The lowest BCUT2D eigenvalue weighted by atomic mass is 10.0. The van der Waals surface area contributed by atoms with Crippen molar-refractivity contribution in [3.05, 3.63) is 47.5 Å². The van der Waals surface area contributed by atoms with Gasteiger partial charge >= 0.3 is 0 Å². The molecule has 0 aliphatic heterocycles.